The second-order valence-corrected chi connectivity index (χ2v) is 5.05. The minimum atomic E-state index is -0.148. The fraction of sp³-hybridized carbons (Fsp3) is 0.429. The Labute approximate surface area is 116 Å². The molecule has 106 valence electrons. The lowest BCUT2D eigenvalue weighted by molar-refractivity contribution is 0.0946. The molecule has 0 bridgehead atoms. The Kier molecular flexibility index (Phi) is 3.83. The summed E-state index contributed by atoms with van der Waals surface area (Å²) in [6, 6.07) is 5.32. The summed E-state index contributed by atoms with van der Waals surface area (Å²) in [5.74, 6) is 1.20. The van der Waals surface area contributed by atoms with Crippen LogP contribution in [0.5, 0.6) is 0 Å². The molecule has 1 atom stereocenters. The molecule has 1 aliphatic heterocycles. The molecule has 3 rings (SSSR count). The molecule has 1 fully saturated rings. The van der Waals surface area contributed by atoms with Crippen LogP contribution in [0.3, 0.4) is 0 Å². The molecule has 1 unspecified atom stereocenters. The highest BCUT2D eigenvalue weighted by Gasteiger charge is 2.16. The molecule has 3 heterocycles. The molecule has 0 aliphatic carbocycles. The van der Waals surface area contributed by atoms with Crippen LogP contribution in [0.25, 0.3) is 11.5 Å². The van der Waals surface area contributed by atoms with Crippen LogP contribution in [-0.4, -0.2) is 35.7 Å². The van der Waals surface area contributed by atoms with Crippen molar-refractivity contribution < 1.29 is 9.21 Å². The molecule has 6 nitrogen and oxygen atoms in total. The third kappa shape index (κ3) is 2.91. The first-order valence-corrected chi connectivity index (χ1v) is 6.91. The Morgan fingerprint density at radius 2 is 2.50 bits per heavy atom. The van der Waals surface area contributed by atoms with Crippen LogP contribution >= 0.6 is 0 Å². The quantitative estimate of drug-likeness (QED) is 0.769. The lowest BCUT2D eigenvalue weighted by Crippen LogP contribution is -2.26. The average Bonchev–Trinajstić information content (AvgIpc) is 3.20. The summed E-state index contributed by atoms with van der Waals surface area (Å²) >= 11 is 0. The maximum atomic E-state index is 12.0. The van der Waals surface area contributed by atoms with E-state index in [0.29, 0.717) is 29.6 Å². The number of carbonyl (C=O) groups excluding carboxylic acids is 1. The summed E-state index contributed by atoms with van der Waals surface area (Å²) in [5, 5.41) is 13.0. The van der Waals surface area contributed by atoms with Crippen LogP contribution in [0.15, 0.2) is 28.9 Å². The van der Waals surface area contributed by atoms with E-state index in [-0.39, 0.29) is 5.91 Å². The molecule has 0 aromatic carbocycles. The summed E-state index contributed by atoms with van der Waals surface area (Å²) in [7, 11) is 0. The molecule has 0 spiro atoms. The number of hydrogen-bond donors (Lipinski definition) is 3. The molecule has 0 saturated carbocycles. The lowest BCUT2D eigenvalue weighted by Gasteiger charge is -2.08. The molecular weight excluding hydrogens is 256 g/mol. The third-order valence-corrected chi connectivity index (χ3v) is 3.60. The zero-order valence-corrected chi connectivity index (χ0v) is 11.2. The van der Waals surface area contributed by atoms with E-state index >= 15 is 0 Å². The van der Waals surface area contributed by atoms with Crippen LogP contribution in [0.4, 0.5) is 0 Å². The van der Waals surface area contributed by atoms with Crippen molar-refractivity contribution in [3.63, 3.8) is 0 Å². The zero-order valence-electron chi connectivity index (χ0n) is 11.2. The molecule has 0 radical (unpaired) electrons. The molecule has 2 aromatic heterocycles. The fourth-order valence-electron chi connectivity index (χ4n) is 2.44. The van der Waals surface area contributed by atoms with Crippen molar-refractivity contribution in [2.45, 2.75) is 12.8 Å². The molecule has 1 amide bonds. The summed E-state index contributed by atoms with van der Waals surface area (Å²) in [5.41, 5.74) is 1.10. The van der Waals surface area contributed by atoms with Crippen molar-refractivity contribution in [2.24, 2.45) is 5.92 Å². The Hall–Kier alpha value is -2.08. The summed E-state index contributed by atoms with van der Waals surface area (Å²) in [6.07, 6.45) is 3.79. The van der Waals surface area contributed by atoms with Crippen LogP contribution in [0, 0.1) is 5.92 Å². The zero-order chi connectivity index (χ0) is 13.8. The van der Waals surface area contributed by atoms with Gasteiger partial charge in [0.1, 0.15) is 5.69 Å². The molecular formula is C14H18N4O2. The van der Waals surface area contributed by atoms with E-state index < -0.39 is 0 Å². The molecule has 1 saturated heterocycles. The van der Waals surface area contributed by atoms with Gasteiger partial charge in [0, 0.05) is 12.6 Å². The topological polar surface area (TPSA) is 83.0 Å². The van der Waals surface area contributed by atoms with Gasteiger partial charge in [-0.15, -0.1) is 0 Å². The molecule has 2 aromatic rings. The van der Waals surface area contributed by atoms with Gasteiger partial charge in [0.25, 0.3) is 5.91 Å². The van der Waals surface area contributed by atoms with Gasteiger partial charge in [0.2, 0.25) is 0 Å². The van der Waals surface area contributed by atoms with Crippen molar-refractivity contribution in [1.29, 1.82) is 0 Å². The number of rotatable bonds is 5. The van der Waals surface area contributed by atoms with Gasteiger partial charge in [0.05, 0.1) is 6.26 Å². The van der Waals surface area contributed by atoms with Gasteiger partial charge < -0.3 is 15.1 Å². The van der Waals surface area contributed by atoms with E-state index in [4.69, 9.17) is 4.42 Å². The summed E-state index contributed by atoms with van der Waals surface area (Å²) in [4.78, 5) is 12.0. The highest BCUT2D eigenvalue weighted by molar-refractivity contribution is 5.93. The fourth-order valence-corrected chi connectivity index (χ4v) is 2.44. The number of aromatic amines is 1. The average molecular weight is 274 g/mol. The summed E-state index contributed by atoms with van der Waals surface area (Å²) < 4.78 is 5.25. The predicted molar refractivity (Wildman–Crippen MR) is 74.2 cm³/mol. The highest BCUT2D eigenvalue weighted by Crippen LogP contribution is 2.17. The van der Waals surface area contributed by atoms with E-state index in [1.807, 2.05) is 6.07 Å². The second-order valence-electron chi connectivity index (χ2n) is 5.05. The van der Waals surface area contributed by atoms with Crippen molar-refractivity contribution in [3.8, 4) is 11.5 Å². The van der Waals surface area contributed by atoms with Gasteiger partial charge >= 0.3 is 0 Å². The SMILES string of the molecule is O=C(NCCC1CCNC1)c1cc(-c2ccco2)[nH]n1. The van der Waals surface area contributed by atoms with E-state index in [0.717, 1.165) is 19.5 Å². The van der Waals surface area contributed by atoms with Gasteiger partial charge in [-0.1, -0.05) is 0 Å². The Morgan fingerprint density at radius 3 is 3.25 bits per heavy atom. The number of aromatic nitrogens is 2. The Balaban J connectivity index is 1.52. The monoisotopic (exact) mass is 274 g/mol. The second kappa shape index (κ2) is 5.92. The first-order chi connectivity index (χ1) is 9.83. The highest BCUT2D eigenvalue weighted by atomic mass is 16.3. The molecule has 6 heteroatoms. The van der Waals surface area contributed by atoms with Crippen LogP contribution in [-0.2, 0) is 0 Å². The maximum absolute atomic E-state index is 12.0. The Bertz CT molecular complexity index is 556. The smallest absolute Gasteiger partial charge is 0.271 e. The van der Waals surface area contributed by atoms with Gasteiger partial charge in [-0.25, -0.2) is 0 Å². The first-order valence-electron chi connectivity index (χ1n) is 6.91. The lowest BCUT2D eigenvalue weighted by atomic mass is 10.1. The van der Waals surface area contributed by atoms with E-state index in [1.165, 1.54) is 6.42 Å². The number of nitrogens with zero attached hydrogens (tertiary/aromatic N) is 1. The van der Waals surface area contributed by atoms with E-state index in [9.17, 15) is 4.79 Å². The van der Waals surface area contributed by atoms with Crippen LogP contribution in [0.1, 0.15) is 23.3 Å². The third-order valence-electron chi connectivity index (χ3n) is 3.60. The number of carbonyl (C=O) groups is 1. The van der Waals surface area contributed by atoms with Gasteiger partial charge in [-0.05, 0) is 44.0 Å². The number of hydrogen-bond acceptors (Lipinski definition) is 4. The first kappa shape index (κ1) is 12.9. The standard InChI is InChI=1S/C14H18N4O2/c19-14(16-6-4-10-3-5-15-9-10)12-8-11(17-18-12)13-2-1-7-20-13/h1-2,7-8,10,15H,3-6,9H2,(H,16,19)(H,17,18). The normalized spacial score (nSPS) is 18.3. The maximum Gasteiger partial charge on any atom is 0.271 e. The van der Waals surface area contributed by atoms with Crippen molar-refractivity contribution in [2.75, 3.05) is 19.6 Å². The predicted octanol–water partition coefficient (Wildman–Crippen LogP) is 1.40. The minimum absolute atomic E-state index is 0.148. The van der Waals surface area contributed by atoms with E-state index in [1.54, 1.807) is 18.4 Å². The number of H-pyrrole nitrogens is 1. The van der Waals surface area contributed by atoms with Crippen molar-refractivity contribution >= 4 is 5.91 Å². The number of furan rings is 1. The van der Waals surface area contributed by atoms with Crippen LogP contribution < -0.4 is 10.6 Å². The summed E-state index contributed by atoms with van der Waals surface area (Å²) in [6.45, 7) is 2.83. The van der Waals surface area contributed by atoms with Crippen molar-refractivity contribution in [1.82, 2.24) is 20.8 Å². The van der Waals surface area contributed by atoms with Crippen molar-refractivity contribution in [3.05, 3.63) is 30.2 Å². The molecule has 3 N–H and O–H groups in total. The number of nitrogens with one attached hydrogen (secondary N) is 3. The molecule has 1 aliphatic rings. The van der Waals surface area contributed by atoms with Gasteiger partial charge in [-0.3, -0.25) is 9.89 Å². The minimum Gasteiger partial charge on any atom is -0.463 e. The van der Waals surface area contributed by atoms with Gasteiger partial charge in [0.15, 0.2) is 11.5 Å². The van der Waals surface area contributed by atoms with Gasteiger partial charge in [-0.2, -0.15) is 5.10 Å². The Morgan fingerprint density at radius 1 is 1.55 bits per heavy atom. The molecule has 20 heavy (non-hydrogen) atoms. The number of amides is 1. The van der Waals surface area contributed by atoms with Crippen LogP contribution in [0.2, 0.25) is 0 Å². The van der Waals surface area contributed by atoms with E-state index in [2.05, 4.69) is 20.8 Å². The largest absolute Gasteiger partial charge is 0.463 e.